The monoisotopic (exact) mass is 242 g/mol. The summed E-state index contributed by atoms with van der Waals surface area (Å²) in [6.07, 6.45) is 7.13. The molecule has 0 saturated carbocycles. The molecule has 0 rings (SSSR count). The smallest absolute Gasteiger partial charge is 0.311 e. The molecule has 0 aromatic rings. The summed E-state index contributed by atoms with van der Waals surface area (Å²) >= 11 is 0. The third kappa shape index (κ3) is 6.97. The molecule has 0 saturated heterocycles. The van der Waals surface area contributed by atoms with Crippen molar-refractivity contribution in [1.82, 2.24) is 9.80 Å². The molecule has 0 aliphatic rings. The molecular formula is C13H26N2O2. The minimum atomic E-state index is -0.446. The van der Waals surface area contributed by atoms with Gasteiger partial charge in [0.2, 0.25) is 0 Å². The topological polar surface area (TPSA) is 40.6 Å². The van der Waals surface area contributed by atoms with Crippen LogP contribution in [0.4, 0.5) is 0 Å². The third-order valence-corrected chi connectivity index (χ3v) is 2.78. The molecule has 4 nitrogen and oxygen atoms in total. The second kappa shape index (κ2) is 9.02. The fourth-order valence-corrected chi connectivity index (χ4v) is 1.59. The predicted octanol–water partition coefficient (Wildman–Crippen LogP) is 1.89. The highest BCUT2D eigenvalue weighted by Crippen LogP contribution is 2.05. The van der Waals surface area contributed by atoms with Gasteiger partial charge < -0.3 is 9.80 Å². The number of rotatable bonds is 7. The van der Waals surface area contributed by atoms with Crippen LogP contribution in [0.1, 0.15) is 45.4 Å². The van der Waals surface area contributed by atoms with E-state index in [1.807, 2.05) is 0 Å². The molecule has 0 aromatic carbocycles. The number of amides is 2. The Morgan fingerprint density at radius 3 is 1.88 bits per heavy atom. The van der Waals surface area contributed by atoms with Crippen molar-refractivity contribution >= 4 is 11.8 Å². The molecule has 0 bridgehead atoms. The van der Waals surface area contributed by atoms with Gasteiger partial charge in [0, 0.05) is 27.7 Å². The van der Waals surface area contributed by atoms with Crippen LogP contribution in [0.25, 0.3) is 0 Å². The second-order valence-corrected chi connectivity index (χ2v) is 4.69. The van der Waals surface area contributed by atoms with E-state index in [1.54, 1.807) is 21.1 Å². The first-order valence-electron chi connectivity index (χ1n) is 6.47. The summed E-state index contributed by atoms with van der Waals surface area (Å²) in [6, 6.07) is 0. The Kier molecular flexibility index (Phi) is 8.46. The van der Waals surface area contributed by atoms with Gasteiger partial charge in [-0.3, -0.25) is 9.59 Å². The van der Waals surface area contributed by atoms with Gasteiger partial charge in [-0.25, -0.2) is 0 Å². The zero-order valence-electron chi connectivity index (χ0n) is 11.7. The van der Waals surface area contributed by atoms with Gasteiger partial charge in [0.1, 0.15) is 0 Å². The fraction of sp³-hybridized carbons (Fsp3) is 0.846. The Morgan fingerprint density at radius 1 is 0.824 bits per heavy atom. The number of carbonyl (C=O) groups is 2. The highest BCUT2D eigenvalue weighted by atomic mass is 16.2. The van der Waals surface area contributed by atoms with E-state index in [2.05, 4.69) is 6.92 Å². The van der Waals surface area contributed by atoms with Crippen molar-refractivity contribution in [3.8, 4) is 0 Å². The maximum atomic E-state index is 11.6. The zero-order valence-corrected chi connectivity index (χ0v) is 11.7. The summed E-state index contributed by atoms with van der Waals surface area (Å²) in [5.74, 6) is -0.859. The van der Waals surface area contributed by atoms with Crippen LogP contribution in [-0.2, 0) is 9.59 Å². The van der Waals surface area contributed by atoms with Crippen molar-refractivity contribution in [1.29, 1.82) is 0 Å². The Morgan fingerprint density at radius 2 is 1.35 bits per heavy atom. The van der Waals surface area contributed by atoms with Gasteiger partial charge in [-0.15, -0.1) is 0 Å². The van der Waals surface area contributed by atoms with Crippen molar-refractivity contribution in [2.75, 3.05) is 27.7 Å². The molecule has 0 atom stereocenters. The molecule has 0 fully saturated rings. The van der Waals surface area contributed by atoms with Gasteiger partial charge in [0.25, 0.3) is 0 Å². The van der Waals surface area contributed by atoms with Crippen LogP contribution in [0.2, 0.25) is 0 Å². The summed E-state index contributed by atoms with van der Waals surface area (Å²) in [4.78, 5) is 25.8. The lowest BCUT2D eigenvalue weighted by Gasteiger charge is -2.18. The summed E-state index contributed by atoms with van der Waals surface area (Å²) in [7, 11) is 4.88. The van der Waals surface area contributed by atoms with E-state index in [9.17, 15) is 9.59 Å². The molecule has 0 unspecified atom stereocenters. The highest BCUT2D eigenvalue weighted by Gasteiger charge is 2.19. The Hall–Kier alpha value is -1.06. The zero-order chi connectivity index (χ0) is 13.3. The average Bonchev–Trinajstić information content (AvgIpc) is 2.31. The van der Waals surface area contributed by atoms with Crippen LogP contribution in [0, 0.1) is 0 Å². The lowest BCUT2D eigenvalue weighted by molar-refractivity contribution is -0.149. The molecule has 2 amide bonds. The molecule has 0 aliphatic heterocycles. The molecular weight excluding hydrogens is 216 g/mol. The maximum Gasteiger partial charge on any atom is 0.311 e. The molecule has 0 heterocycles. The van der Waals surface area contributed by atoms with Crippen LogP contribution >= 0.6 is 0 Å². The van der Waals surface area contributed by atoms with E-state index in [0.717, 1.165) is 12.8 Å². The molecule has 0 aromatic heterocycles. The number of nitrogens with zero attached hydrogens (tertiary/aromatic N) is 2. The molecule has 100 valence electrons. The van der Waals surface area contributed by atoms with Crippen LogP contribution < -0.4 is 0 Å². The first-order chi connectivity index (χ1) is 8.00. The molecule has 4 heteroatoms. The van der Waals surface area contributed by atoms with Crippen molar-refractivity contribution in [2.45, 2.75) is 45.4 Å². The number of unbranched alkanes of at least 4 members (excludes halogenated alkanes) is 5. The van der Waals surface area contributed by atoms with E-state index in [4.69, 9.17) is 0 Å². The molecule has 0 spiro atoms. The average molecular weight is 242 g/mol. The van der Waals surface area contributed by atoms with Gasteiger partial charge in [-0.1, -0.05) is 39.0 Å². The summed E-state index contributed by atoms with van der Waals surface area (Å²) in [5.41, 5.74) is 0. The summed E-state index contributed by atoms with van der Waals surface area (Å²) in [5, 5.41) is 0. The highest BCUT2D eigenvalue weighted by molar-refractivity contribution is 6.34. The number of hydrogen-bond acceptors (Lipinski definition) is 2. The maximum absolute atomic E-state index is 11.6. The van der Waals surface area contributed by atoms with Gasteiger partial charge in [-0.05, 0) is 6.42 Å². The van der Waals surface area contributed by atoms with E-state index in [-0.39, 0.29) is 0 Å². The third-order valence-electron chi connectivity index (χ3n) is 2.78. The van der Waals surface area contributed by atoms with Crippen molar-refractivity contribution in [3.05, 3.63) is 0 Å². The SMILES string of the molecule is CCCCCCCCN(C)C(=O)C(=O)N(C)C. The van der Waals surface area contributed by atoms with Gasteiger partial charge in [0.05, 0.1) is 0 Å². The van der Waals surface area contributed by atoms with Gasteiger partial charge in [0.15, 0.2) is 0 Å². The van der Waals surface area contributed by atoms with Gasteiger partial charge in [-0.2, -0.15) is 0 Å². The van der Waals surface area contributed by atoms with Crippen molar-refractivity contribution < 1.29 is 9.59 Å². The molecule has 17 heavy (non-hydrogen) atoms. The Balaban J connectivity index is 3.68. The first kappa shape index (κ1) is 15.9. The summed E-state index contributed by atoms with van der Waals surface area (Å²) < 4.78 is 0. The van der Waals surface area contributed by atoms with Crippen LogP contribution in [0.15, 0.2) is 0 Å². The quantitative estimate of drug-likeness (QED) is 0.505. The van der Waals surface area contributed by atoms with Crippen LogP contribution in [-0.4, -0.2) is 49.3 Å². The Bertz CT molecular complexity index is 240. The normalized spacial score (nSPS) is 10.1. The standard InChI is InChI=1S/C13H26N2O2/c1-5-6-7-8-9-10-11-15(4)13(17)12(16)14(2)3/h5-11H2,1-4H3. The number of likely N-dealkylation sites (N-methyl/N-ethyl adjacent to an activating group) is 2. The summed E-state index contributed by atoms with van der Waals surface area (Å²) in [6.45, 7) is 2.86. The second-order valence-electron chi connectivity index (χ2n) is 4.69. The van der Waals surface area contributed by atoms with Crippen molar-refractivity contribution in [2.24, 2.45) is 0 Å². The van der Waals surface area contributed by atoms with E-state index < -0.39 is 11.8 Å². The van der Waals surface area contributed by atoms with E-state index in [0.29, 0.717) is 6.54 Å². The van der Waals surface area contributed by atoms with E-state index in [1.165, 1.54) is 35.5 Å². The Labute approximate surface area is 105 Å². The minimum absolute atomic E-state index is 0.413. The molecule has 0 radical (unpaired) electrons. The number of carbonyl (C=O) groups excluding carboxylic acids is 2. The fourth-order valence-electron chi connectivity index (χ4n) is 1.59. The molecule has 0 aliphatic carbocycles. The number of hydrogen-bond donors (Lipinski definition) is 0. The van der Waals surface area contributed by atoms with Crippen LogP contribution in [0.5, 0.6) is 0 Å². The largest absolute Gasteiger partial charge is 0.341 e. The van der Waals surface area contributed by atoms with E-state index >= 15 is 0 Å². The first-order valence-corrected chi connectivity index (χ1v) is 6.47. The predicted molar refractivity (Wildman–Crippen MR) is 69.7 cm³/mol. The molecule has 0 N–H and O–H groups in total. The van der Waals surface area contributed by atoms with Gasteiger partial charge >= 0.3 is 11.8 Å². The van der Waals surface area contributed by atoms with Crippen LogP contribution in [0.3, 0.4) is 0 Å². The van der Waals surface area contributed by atoms with Crippen molar-refractivity contribution in [3.63, 3.8) is 0 Å². The minimum Gasteiger partial charge on any atom is -0.341 e. The lowest BCUT2D eigenvalue weighted by atomic mass is 10.1. The lowest BCUT2D eigenvalue weighted by Crippen LogP contribution is -2.40.